The molecule has 17 heavy (non-hydrogen) atoms. The minimum Gasteiger partial charge on any atom is -0.468 e. The van der Waals surface area contributed by atoms with E-state index in [4.69, 9.17) is 9.84 Å². The van der Waals surface area contributed by atoms with Gasteiger partial charge in [0, 0.05) is 6.61 Å². The van der Waals surface area contributed by atoms with E-state index < -0.39 is 6.04 Å². The maximum atomic E-state index is 11.6. The molecule has 0 saturated heterocycles. The molecule has 94 valence electrons. The van der Waals surface area contributed by atoms with Gasteiger partial charge in [0.25, 0.3) is 0 Å². The van der Waals surface area contributed by atoms with Crippen molar-refractivity contribution >= 4 is 5.97 Å². The van der Waals surface area contributed by atoms with Gasteiger partial charge in [-0.1, -0.05) is 30.3 Å². The van der Waals surface area contributed by atoms with Crippen LogP contribution in [0.3, 0.4) is 0 Å². The van der Waals surface area contributed by atoms with Crippen LogP contribution in [-0.2, 0) is 9.53 Å². The highest BCUT2D eigenvalue weighted by Gasteiger charge is 2.19. The smallest absolute Gasteiger partial charge is 0.327 e. The molecule has 0 aromatic heterocycles. The number of aliphatic hydroxyl groups is 1. The van der Waals surface area contributed by atoms with Crippen molar-refractivity contribution in [1.29, 1.82) is 0 Å². The summed E-state index contributed by atoms with van der Waals surface area (Å²) >= 11 is 0. The van der Waals surface area contributed by atoms with Gasteiger partial charge in [-0.2, -0.15) is 0 Å². The first-order chi connectivity index (χ1) is 8.29. The van der Waals surface area contributed by atoms with Gasteiger partial charge in [0.1, 0.15) is 6.04 Å². The van der Waals surface area contributed by atoms with E-state index in [9.17, 15) is 4.79 Å². The Labute approximate surface area is 102 Å². The van der Waals surface area contributed by atoms with Gasteiger partial charge in [0.2, 0.25) is 0 Å². The molecule has 2 N–H and O–H groups in total. The first-order valence-corrected chi connectivity index (χ1v) is 5.76. The van der Waals surface area contributed by atoms with Crippen LogP contribution < -0.4 is 5.32 Å². The van der Waals surface area contributed by atoms with Crippen molar-refractivity contribution in [3.05, 3.63) is 35.9 Å². The lowest BCUT2D eigenvalue weighted by Crippen LogP contribution is -2.30. The highest BCUT2D eigenvalue weighted by Crippen LogP contribution is 2.13. The summed E-state index contributed by atoms with van der Waals surface area (Å²) in [7, 11) is 1.38. The molecular weight excluding hydrogens is 218 g/mol. The molecule has 0 aliphatic rings. The van der Waals surface area contributed by atoms with Crippen LogP contribution in [0.15, 0.2) is 30.3 Å². The van der Waals surface area contributed by atoms with Gasteiger partial charge in [-0.3, -0.25) is 0 Å². The number of nitrogens with one attached hydrogen (secondary N) is 1. The Morgan fingerprint density at radius 1 is 1.35 bits per heavy atom. The highest BCUT2D eigenvalue weighted by atomic mass is 16.5. The molecule has 4 heteroatoms. The molecule has 0 spiro atoms. The summed E-state index contributed by atoms with van der Waals surface area (Å²) in [4.78, 5) is 11.6. The summed E-state index contributed by atoms with van der Waals surface area (Å²) in [6, 6.07) is 9.03. The molecule has 0 saturated carbocycles. The second-order valence-corrected chi connectivity index (χ2v) is 3.75. The van der Waals surface area contributed by atoms with Gasteiger partial charge >= 0.3 is 5.97 Å². The maximum Gasteiger partial charge on any atom is 0.327 e. The molecule has 1 aromatic carbocycles. The van der Waals surface area contributed by atoms with Crippen LogP contribution in [0, 0.1) is 0 Å². The van der Waals surface area contributed by atoms with E-state index in [-0.39, 0.29) is 12.6 Å². The summed E-state index contributed by atoms with van der Waals surface area (Å²) in [5, 5.41) is 11.8. The number of aliphatic hydroxyl groups excluding tert-OH is 1. The minimum atomic E-state index is -0.431. The molecule has 1 atom stereocenters. The number of rotatable bonds is 7. The fourth-order valence-electron chi connectivity index (χ4n) is 1.58. The topological polar surface area (TPSA) is 58.6 Å². The number of carbonyl (C=O) groups excluding carboxylic acids is 1. The number of ether oxygens (including phenoxy) is 1. The Hall–Kier alpha value is -1.39. The predicted molar refractivity (Wildman–Crippen MR) is 65.5 cm³/mol. The van der Waals surface area contributed by atoms with Crippen LogP contribution in [-0.4, -0.2) is 31.3 Å². The average molecular weight is 237 g/mol. The second-order valence-electron chi connectivity index (χ2n) is 3.75. The standard InChI is InChI=1S/C13H19NO3/c1-17-13(16)12(14-9-5-6-10-15)11-7-3-2-4-8-11/h2-4,7-8,12,14-15H,5-6,9-10H2,1H3. The van der Waals surface area contributed by atoms with Crippen LogP contribution in [0.5, 0.6) is 0 Å². The largest absolute Gasteiger partial charge is 0.468 e. The zero-order chi connectivity index (χ0) is 12.5. The fourth-order valence-corrected chi connectivity index (χ4v) is 1.58. The van der Waals surface area contributed by atoms with Gasteiger partial charge in [-0.15, -0.1) is 0 Å². The Morgan fingerprint density at radius 3 is 2.65 bits per heavy atom. The van der Waals surface area contributed by atoms with Gasteiger partial charge in [-0.25, -0.2) is 4.79 Å². The number of unbranched alkanes of at least 4 members (excludes halogenated alkanes) is 1. The second kappa shape index (κ2) is 7.81. The summed E-state index contributed by atoms with van der Waals surface area (Å²) in [6.07, 6.45) is 1.56. The van der Waals surface area contributed by atoms with E-state index in [0.29, 0.717) is 6.54 Å². The summed E-state index contributed by atoms with van der Waals surface area (Å²) in [5.74, 6) is -0.291. The molecule has 4 nitrogen and oxygen atoms in total. The zero-order valence-electron chi connectivity index (χ0n) is 10.1. The molecule has 0 fully saturated rings. The maximum absolute atomic E-state index is 11.6. The van der Waals surface area contributed by atoms with Crippen molar-refractivity contribution in [1.82, 2.24) is 5.32 Å². The third-order valence-corrected chi connectivity index (χ3v) is 2.50. The molecule has 1 unspecified atom stereocenters. The number of benzene rings is 1. The van der Waals surface area contributed by atoms with E-state index >= 15 is 0 Å². The first kappa shape index (κ1) is 13.7. The van der Waals surface area contributed by atoms with Crippen LogP contribution in [0.2, 0.25) is 0 Å². The molecule has 0 amide bonds. The minimum absolute atomic E-state index is 0.176. The number of hydrogen-bond acceptors (Lipinski definition) is 4. The van der Waals surface area contributed by atoms with E-state index in [1.165, 1.54) is 7.11 Å². The van der Waals surface area contributed by atoms with Crippen LogP contribution in [0.1, 0.15) is 24.4 Å². The Balaban J connectivity index is 2.59. The molecule has 0 bridgehead atoms. The van der Waals surface area contributed by atoms with Crippen molar-refractivity contribution in [2.45, 2.75) is 18.9 Å². The molecule has 0 radical (unpaired) electrons. The first-order valence-electron chi connectivity index (χ1n) is 5.76. The Morgan fingerprint density at radius 2 is 2.06 bits per heavy atom. The third kappa shape index (κ3) is 4.54. The Kier molecular flexibility index (Phi) is 6.29. The lowest BCUT2D eigenvalue weighted by molar-refractivity contribution is -0.143. The zero-order valence-corrected chi connectivity index (χ0v) is 10.1. The predicted octanol–water partition coefficient (Wildman–Crippen LogP) is 1.26. The van der Waals surface area contributed by atoms with E-state index in [1.54, 1.807) is 0 Å². The van der Waals surface area contributed by atoms with Crippen LogP contribution >= 0.6 is 0 Å². The van der Waals surface area contributed by atoms with Crippen molar-refractivity contribution < 1.29 is 14.6 Å². The summed E-state index contributed by atoms with van der Waals surface area (Å²) in [6.45, 7) is 0.852. The third-order valence-electron chi connectivity index (χ3n) is 2.50. The Bertz CT molecular complexity index is 327. The molecule has 1 rings (SSSR count). The highest BCUT2D eigenvalue weighted by molar-refractivity contribution is 5.77. The van der Waals surface area contributed by atoms with Crippen LogP contribution in [0.25, 0.3) is 0 Å². The summed E-state index contributed by atoms with van der Waals surface area (Å²) < 4.78 is 4.77. The van der Waals surface area contributed by atoms with Gasteiger partial charge in [0.05, 0.1) is 7.11 Å². The van der Waals surface area contributed by atoms with Crippen molar-refractivity contribution in [2.24, 2.45) is 0 Å². The number of esters is 1. The normalized spacial score (nSPS) is 12.1. The van der Waals surface area contributed by atoms with Gasteiger partial charge in [0.15, 0.2) is 0 Å². The number of carbonyl (C=O) groups is 1. The van der Waals surface area contributed by atoms with Gasteiger partial charge < -0.3 is 15.2 Å². The van der Waals surface area contributed by atoms with Crippen molar-refractivity contribution in [3.8, 4) is 0 Å². The van der Waals surface area contributed by atoms with Crippen molar-refractivity contribution in [2.75, 3.05) is 20.3 Å². The molecule has 0 aliphatic carbocycles. The molecule has 0 aliphatic heterocycles. The molecule has 1 aromatic rings. The van der Waals surface area contributed by atoms with Crippen molar-refractivity contribution in [3.63, 3.8) is 0 Å². The quantitative estimate of drug-likeness (QED) is 0.554. The lowest BCUT2D eigenvalue weighted by atomic mass is 10.1. The molecule has 0 heterocycles. The summed E-state index contributed by atoms with van der Waals surface area (Å²) in [5.41, 5.74) is 0.892. The fraction of sp³-hybridized carbons (Fsp3) is 0.462. The van der Waals surface area contributed by atoms with Gasteiger partial charge in [-0.05, 0) is 24.9 Å². The van der Waals surface area contributed by atoms with E-state index in [0.717, 1.165) is 18.4 Å². The van der Waals surface area contributed by atoms with Crippen LogP contribution in [0.4, 0.5) is 0 Å². The monoisotopic (exact) mass is 237 g/mol. The van der Waals surface area contributed by atoms with E-state index in [2.05, 4.69) is 5.32 Å². The number of hydrogen-bond donors (Lipinski definition) is 2. The SMILES string of the molecule is COC(=O)C(NCCCCO)c1ccccc1. The van der Waals surface area contributed by atoms with E-state index in [1.807, 2.05) is 30.3 Å². The lowest BCUT2D eigenvalue weighted by Gasteiger charge is -2.16. The average Bonchev–Trinajstić information content (AvgIpc) is 2.39. The number of methoxy groups -OCH3 is 1. The molecular formula is C13H19NO3.